The summed E-state index contributed by atoms with van der Waals surface area (Å²) in [6, 6.07) is 9.38. The lowest BCUT2D eigenvalue weighted by Crippen LogP contribution is -2.40. The van der Waals surface area contributed by atoms with Crippen molar-refractivity contribution in [3.8, 4) is 6.07 Å². The summed E-state index contributed by atoms with van der Waals surface area (Å²) in [5.41, 5.74) is 7.04. The number of hydrogen-bond donors (Lipinski definition) is 2. The summed E-state index contributed by atoms with van der Waals surface area (Å²) >= 11 is 0. The molecular weight excluding hydrogens is 342 g/mol. The van der Waals surface area contributed by atoms with Gasteiger partial charge in [0.25, 0.3) is 5.56 Å². The van der Waals surface area contributed by atoms with Crippen LogP contribution in [0.1, 0.15) is 38.8 Å². The molecule has 0 saturated heterocycles. The zero-order valence-electron chi connectivity index (χ0n) is 16.3. The highest BCUT2D eigenvalue weighted by molar-refractivity contribution is 5.62. The highest BCUT2D eigenvalue weighted by Gasteiger charge is 2.20. The number of nitrogens with two attached hydrogens (primary N) is 1. The smallest absolute Gasteiger partial charge is 0.330 e. The molecule has 7 nitrogen and oxygen atoms in total. The van der Waals surface area contributed by atoms with Gasteiger partial charge in [-0.1, -0.05) is 39.8 Å². The molecule has 0 fully saturated rings. The molecule has 0 amide bonds. The van der Waals surface area contributed by atoms with E-state index in [0.29, 0.717) is 30.9 Å². The molecule has 0 bridgehead atoms. The van der Waals surface area contributed by atoms with Crippen LogP contribution in [0.2, 0.25) is 0 Å². The minimum atomic E-state index is -0.495. The third-order valence-corrected chi connectivity index (χ3v) is 4.09. The third-order valence-electron chi connectivity index (χ3n) is 4.09. The largest absolute Gasteiger partial charge is 0.383 e. The lowest BCUT2D eigenvalue weighted by molar-refractivity contribution is 0.505. The van der Waals surface area contributed by atoms with Crippen molar-refractivity contribution in [2.45, 2.75) is 40.8 Å². The van der Waals surface area contributed by atoms with Crippen LogP contribution in [0.15, 0.2) is 33.9 Å². The molecule has 0 atom stereocenters. The summed E-state index contributed by atoms with van der Waals surface area (Å²) in [7, 11) is 0. The number of hydrogen-bond acceptors (Lipinski definition) is 5. The monoisotopic (exact) mass is 369 g/mol. The first-order valence-electron chi connectivity index (χ1n) is 9.09. The van der Waals surface area contributed by atoms with Crippen LogP contribution in [-0.4, -0.2) is 16.1 Å². The van der Waals surface area contributed by atoms with Crippen LogP contribution in [0, 0.1) is 23.2 Å². The molecule has 7 heteroatoms. The molecule has 1 aromatic heterocycles. The Morgan fingerprint density at radius 1 is 1.22 bits per heavy atom. The van der Waals surface area contributed by atoms with Gasteiger partial charge in [-0.2, -0.15) is 5.26 Å². The first-order valence-corrected chi connectivity index (χ1v) is 9.09. The van der Waals surface area contributed by atoms with E-state index in [-0.39, 0.29) is 17.7 Å². The van der Waals surface area contributed by atoms with Gasteiger partial charge in [0.05, 0.1) is 11.6 Å². The zero-order valence-corrected chi connectivity index (χ0v) is 16.3. The predicted molar refractivity (Wildman–Crippen MR) is 108 cm³/mol. The normalized spacial score (nSPS) is 11.0. The van der Waals surface area contributed by atoms with Crippen LogP contribution in [0.4, 0.5) is 11.5 Å². The van der Waals surface area contributed by atoms with Crippen molar-refractivity contribution in [2.75, 3.05) is 17.2 Å². The molecular formula is C20H27N5O2. The Labute approximate surface area is 159 Å². The van der Waals surface area contributed by atoms with Gasteiger partial charge < -0.3 is 10.6 Å². The van der Waals surface area contributed by atoms with Crippen LogP contribution >= 0.6 is 0 Å². The molecule has 0 aliphatic heterocycles. The fourth-order valence-corrected chi connectivity index (χ4v) is 3.06. The van der Waals surface area contributed by atoms with Gasteiger partial charge in [-0.3, -0.25) is 14.3 Å². The number of nitrogen functional groups attached to an aromatic ring is 1. The molecule has 1 aromatic carbocycles. The number of nitriles is 1. The van der Waals surface area contributed by atoms with Crippen LogP contribution in [0.5, 0.6) is 0 Å². The van der Waals surface area contributed by atoms with E-state index < -0.39 is 11.2 Å². The second kappa shape index (κ2) is 8.58. The average Bonchev–Trinajstić information content (AvgIpc) is 2.57. The van der Waals surface area contributed by atoms with Crippen LogP contribution in [-0.2, 0) is 13.1 Å². The molecule has 1 heterocycles. The Morgan fingerprint density at radius 3 is 2.52 bits per heavy atom. The Hall–Kier alpha value is -3.01. The molecule has 0 radical (unpaired) electrons. The van der Waals surface area contributed by atoms with E-state index in [4.69, 9.17) is 11.0 Å². The fraction of sp³-hybridized carbons (Fsp3) is 0.450. The standard InChI is InChI=1S/C20H27N5O2/c1-13(2)10-24(12-16-7-5-6-15(8-16)9-21)17-18(22)25(11-14(3)4)20(27)23-19(17)26/h5-8,13-14H,10-12,22H2,1-4H3,(H,23,26,27). The van der Waals surface area contributed by atoms with Crippen molar-refractivity contribution in [3.05, 3.63) is 56.2 Å². The highest BCUT2D eigenvalue weighted by atomic mass is 16.2. The van der Waals surface area contributed by atoms with Crippen LogP contribution in [0.3, 0.4) is 0 Å². The van der Waals surface area contributed by atoms with Gasteiger partial charge in [0, 0.05) is 19.6 Å². The Balaban J connectivity index is 2.54. The zero-order chi connectivity index (χ0) is 20.1. The molecule has 3 N–H and O–H groups in total. The number of nitrogens with zero attached hydrogens (tertiary/aromatic N) is 3. The highest BCUT2D eigenvalue weighted by Crippen LogP contribution is 2.21. The van der Waals surface area contributed by atoms with E-state index in [1.54, 1.807) is 12.1 Å². The fourth-order valence-electron chi connectivity index (χ4n) is 3.06. The van der Waals surface area contributed by atoms with Crippen LogP contribution < -0.4 is 21.9 Å². The van der Waals surface area contributed by atoms with E-state index in [1.165, 1.54) is 4.57 Å². The summed E-state index contributed by atoms with van der Waals surface area (Å²) in [4.78, 5) is 29.1. The number of aromatic nitrogens is 2. The number of rotatable bonds is 7. The van der Waals surface area contributed by atoms with Crippen molar-refractivity contribution < 1.29 is 0 Å². The van der Waals surface area contributed by atoms with Gasteiger partial charge in [-0.15, -0.1) is 0 Å². The Bertz CT molecular complexity index is 950. The number of benzene rings is 1. The average molecular weight is 369 g/mol. The molecule has 0 aliphatic carbocycles. The lowest BCUT2D eigenvalue weighted by Gasteiger charge is -2.28. The molecule has 2 aromatic rings. The third kappa shape index (κ3) is 5.00. The summed E-state index contributed by atoms with van der Waals surface area (Å²) < 4.78 is 1.42. The minimum absolute atomic E-state index is 0.175. The maximum Gasteiger partial charge on any atom is 0.330 e. The number of nitrogens with one attached hydrogen (secondary N) is 1. The lowest BCUT2D eigenvalue weighted by atomic mass is 10.1. The van der Waals surface area contributed by atoms with E-state index in [2.05, 4.69) is 11.1 Å². The van der Waals surface area contributed by atoms with E-state index >= 15 is 0 Å². The summed E-state index contributed by atoms with van der Waals surface area (Å²) in [6.07, 6.45) is 0. The quantitative estimate of drug-likeness (QED) is 0.778. The summed E-state index contributed by atoms with van der Waals surface area (Å²) in [5, 5.41) is 9.12. The maximum atomic E-state index is 12.6. The molecule has 144 valence electrons. The molecule has 27 heavy (non-hydrogen) atoms. The van der Waals surface area contributed by atoms with Crippen molar-refractivity contribution in [2.24, 2.45) is 11.8 Å². The Morgan fingerprint density at radius 2 is 1.93 bits per heavy atom. The maximum absolute atomic E-state index is 12.6. The van der Waals surface area contributed by atoms with Crippen molar-refractivity contribution in [1.82, 2.24) is 9.55 Å². The topological polar surface area (TPSA) is 108 Å². The molecule has 0 aliphatic rings. The Kier molecular flexibility index (Phi) is 6.45. The van der Waals surface area contributed by atoms with Crippen LogP contribution in [0.25, 0.3) is 0 Å². The number of aromatic amines is 1. The molecule has 2 rings (SSSR count). The minimum Gasteiger partial charge on any atom is -0.383 e. The van der Waals surface area contributed by atoms with Crippen molar-refractivity contribution in [3.63, 3.8) is 0 Å². The second-order valence-corrected chi connectivity index (χ2v) is 7.58. The van der Waals surface area contributed by atoms with Gasteiger partial charge >= 0.3 is 5.69 Å². The second-order valence-electron chi connectivity index (χ2n) is 7.58. The van der Waals surface area contributed by atoms with Gasteiger partial charge in [0.2, 0.25) is 0 Å². The van der Waals surface area contributed by atoms with Gasteiger partial charge in [0.1, 0.15) is 11.5 Å². The first-order chi connectivity index (χ1) is 12.7. The van der Waals surface area contributed by atoms with Gasteiger partial charge in [0.15, 0.2) is 0 Å². The van der Waals surface area contributed by atoms with Crippen molar-refractivity contribution >= 4 is 11.5 Å². The van der Waals surface area contributed by atoms with E-state index in [9.17, 15) is 9.59 Å². The van der Waals surface area contributed by atoms with Gasteiger partial charge in [-0.25, -0.2) is 4.79 Å². The number of anilines is 2. The summed E-state index contributed by atoms with van der Waals surface area (Å²) in [6.45, 7) is 9.49. The molecule has 0 saturated carbocycles. The SMILES string of the molecule is CC(C)CN(Cc1cccc(C#N)c1)c1c(N)n(CC(C)C)c(=O)[nH]c1=O. The number of H-pyrrole nitrogens is 1. The molecule has 0 spiro atoms. The predicted octanol–water partition coefficient (Wildman–Crippen LogP) is 2.31. The first kappa shape index (κ1) is 20.3. The van der Waals surface area contributed by atoms with Crippen molar-refractivity contribution in [1.29, 1.82) is 5.26 Å². The van der Waals surface area contributed by atoms with E-state index in [1.807, 2.05) is 44.7 Å². The van der Waals surface area contributed by atoms with E-state index in [0.717, 1.165) is 5.56 Å². The van der Waals surface area contributed by atoms with Gasteiger partial charge in [-0.05, 0) is 29.5 Å². The summed E-state index contributed by atoms with van der Waals surface area (Å²) in [5.74, 6) is 0.651. The molecule has 0 unspecified atom stereocenters.